The number of nitrogens with zero attached hydrogens (tertiary/aromatic N) is 2. The first-order valence-electron chi connectivity index (χ1n) is 7.15. The summed E-state index contributed by atoms with van der Waals surface area (Å²) in [4.78, 5) is 16.4. The van der Waals surface area contributed by atoms with Gasteiger partial charge in [0.15, 0.2) is 0 Å². The van der Waals surface area contributed by atoms with Crippen LogP contribution >= 0.6 is 0 Å². The minimum atomic E-state index is 0.0521. The van der Waals surface area contributed by atoms with E-state index in [4.69, 9.17) is 0 Å². The minimum Gasteiger partial charge on any atom is -0.321 e. The van der Waals surface area contributed by atoms with E-state index in [-0.39, 0.29) is 12.1 Å². The van der Waals surface area contributed by atoms with Gasteiger partial charge in [0.2, 0.25) is 5.91 Å². The lowest BCUT2D eigenvalue weighted by atomic mass is 10.1. The lowest BCUT2D eigenvalue weighted by Gasteiger charge is -2.27. The van der Waals surface area contributed by atoms with Gasteiger partial charge in [-0.1, -0.05) is 30.3 Å². The molecule has 4 heteroatoms. The summed E-state index contributed by atoms with van der Waals surface area (Å²) in [5.74, 6) is 0.216. The summed E-state index contributed by atoms with van der Waals surface area (Å²) in [6.07, 6.45) is 2.65. The van der Waals surface area contributed by atoms with Crippen molar-refractivity contribution in [3.05, 3.63) is 35.9 Å². The topological polar surface area (TPSA) is 35.6 Å². The van der Waals surface area contributed by atoms with E-state index in [0.29, 0.717) is 6.54 Å². The third-order valence-corrected chi connectivity index (χ3v) is 4.05. The zero-order valence-corrected chi connectivity index (χ0v) is 11.2. The Morgan fingerprint density at radius 1 is 1.11 bits per heavy atom. The molecule has 0 aromatic heterocycles. The molecule has 2 saturated heterocycles. The van der Waals surface area contributed by atoms with Crippen LogP contribution in [0.25, 0.3) is 0 Å². The van der Waals surface area contributed by atoms with Gasteiger partial charge in [0.25, 0.3) is 0 Å². The summed E-state index contributed by atoms with van der Waals surface area (Å²) in [5, 5.41) is 3.31. The van der Waals surface area contributed by atoms with E-state index in [0.717, 1.165) is 13.1 Å². The Bertz CT molecular complexity index is 428. The molecule has 0 aliphatic carbocycles. The van der Waals surface area contributed by atoms with E-state index in [1.54, 1.807) is 0 Å². The summed E-state index contributed by atoms with van der Waals surface area (Å²) < 4.78 is 0. The van der Waals surface area contributed by atoms with Crippen molar-refractivity contribution in [2.75, 3.05) is 32.7 Å². The van der Waals surface area contributed by atoms with Crippen LogP contribution in [-0.4, -0.2) is 48.4 Å². The highest BCUT2D eigenvalue weighted by Gasteiger charge is 2.31. The van der Waals surface area contributed by atoms with Crippen LogP contribution in [0, 0.1) is 0 Å². The fourth-order valence-corrected chi connectivity index (χ4v) is 2.98. The number of rotatable bonds is 4. The Labute approximate surface area is 114 Å². The summed E-state index contributed by atoms with van der Waals surface area (Å²) >= 11 is 0. The molecule has 102 valence electrons. The van der Waals surface area contributed by atoms with Crippen LogP contribution in [0.1, 0.15) is 24.6 Å². The van der Waals surface area contributed by atoms with Crippen molar-refractivity contribution in [3.63, 3.8) is 0 Å². The molecule has 1 amide bonds. The van der Waals surface area contributed by atoms with Gasteiger partial charge in [-0.05, 0) is 31.5 Å². The number of carbonyl (C=O) groups excluding carboxylic acids is 1. The van der Waals surface area contributed by atoms with Crippen molar-refractivity contribution in [1.82, 2.24) is 15.1 Å². The third-order valence-electron chi connectivity index (χ3n) is 4.05. The van der Waals surface area contributed by atoms with Gasteiger partial charge in [-0.2, -0.15) is 0 Å². The van der Waals surface area contributed by atoms with E-state index < -0.39 is 0 Å². The molecule has 2 heterocycles. The minimum absolute atomic E-state index is 0.0521. The number of likely N-dealkylation sites (tertiary alicyclic amines) is 1. The lowest BCUT2D eigenvalue weighted by molar-refractivity contribution is -0.128. The second-order valence-electron chi connectivity index (χ2n) is 5.33. The highest BCUT2D eigenvalue weighted by molar-refractivity contribution is 5.80. The Balaban J connectivity index is 1.65. The van der Waals surface area contributed by atoms with Crippen molar-refractivity contribution in [2.24, 2.45) is 0 Å². The van der Waals surface area contributed by atoms with Crippen LogP contribution in [0.15, 0.2) is 30.3 Å². The number of carbonyl (C=O) groups is 1. The SMILES string of the molecule is O=C1CNC(c2ccccc2)N1CCN1CCCC1. The van der Waals surface area contributed by atoms with Gasteiger partial charge in [-0.3, -0.25) is 10.1 Å². The van der Waals surface area contributed by atoms with Gasteiger partial charge in [-0.25, -0.2) is 0 Å². The molecule has 2 aliphatic heterocycles. The lowest BCUT2D eigenvalue weighted by Crippen LogP contribution is -2.37. The van der Waals surface area contributed by atoms with E-state index >= 15 is 0 Å². The molecule has 1 atom stereocenters. The van der Waals surface area contributed by atoms with Crippen LogP contribution in [0.3, 0.4) is 0 Å². The van der Waals surface area contributed by atoms with Gasteiger partial charge >= 0.3 is 0 Å². The van der Waals surface area contributed by atoms with Crippen LogP contribution in [0.4, 0.5) is 0 Å². The van der Waals surface area contributed by atoms with Crippen LogP contribution in [0.5, 0.6) is 0 Å². The van der Waals surface area contributed by atoms with Gasteiger partial charge in [0.05, 0.1) is 6.54 Å². The number of nitrogens with one attached hydrogen (secondary N) is 1. The zero-order chi connectivity index (χ0) is 13.1. The van der Waals surface area contributed by atoms with Crippen LogP contribution < -0.4 is 5.32 Å². The molecule has 0 spiro atoms. The second-order valence-corrected chi connectivity index (χ2v) is 5.33. The standard InChI is InChI=1S/C15H21N3O/c19-14-12-16-15(13-6-2-1-3-7-13)18(14)11-10-17-8-4-5-9-17/h1-3,6-7,15-16H,4-5,8-12H2. The average Bonchev–Trinajstić information content (AvgIpc) is 3.07. The van der Waals surface area contributed by atoms with Gasteiger partial charge in [0, 0.05) is 13.1 Å². The largest absolute Gasteiger partial charge is 0.321 e. The quantitative estimate of drug-likeness (QED) is 0.883. The van der Waals surface area contributed by atoms with E-state index in [1.165, 1.54) is 31.5 Å². The van der Waals surface area contributed by atoms with Gasteiger partial charge in [0.1, 0.15) is 6.17 Å². The molecule has 19 heavy (non-hydrogen) atoms. The maximum absolute atomic E-state index is 12.0. The van der Waals surface area contributed by atoms with Gasteiger partial charge < -0.3 is 9.80 Å². The van der Waals surface area contributed by atoms with E-state index in [2.05, 4.69) is 22.3 Å². The highest BCUT2D eigenvalue weighted by Crippen LogP contribution is 2.22. The first-order chi connectivity index (χ1) is 9.34. The molecular formula is C15H21N3O. The van der Waals surface area contributed by atoms with Crippen molar-refractivity contribution >= 4 is 5.91 Å². The van der Waals surface area contributed by atoms with Crippen molar-refractivity contribution < 1.29 is 4.79 Å². The Morgan fingerprint density at radius 3 is 2.58 bits per heavy atom. The van der Waals surface area contributed by atoms with Crippen molar-refractivity contribution in [1.29, 1.82) is 0 Å². The smallest absolute Gasteiger partial charge is 0.238 e. The van der Waals surface area contributed by atoms with Crippen LogP contribution in [-0.2, 0) is 4.79 Å². The highest BCUT2D eigenvalue weighted by atomic mass is 16.2. The van der Waals surface area contributed by atoms with Crippen molar-refractivity contribution in [3.8, 4) is 0 Å². The molecule has 1 aromatic rings. The molecule has 1 unspecified atom stereocenters. The summed E-state index contributed by atoms with van der Waals surface area (Å²) in [7, 11) is 0. The Hall–Kier alpha value is -1.39. The zero-order valence-electron chi connectivity index (χ0n) is 11.2. The normalized spacial score (nSPS) is 24.3. The molecule has 2 fully saturated rings. The fraction of sp³-hybridized carbons (Fsp3) is 0.533. The van der Waals surface area contributed by atoms with E-state index in [1.807, 2.05) is 23.1 Å². The molecular weight excluding hydrogens is 238 g/mol. The number of hydrogen-bond donors (Lipinski definition) is 1. The maximum Gasteiger partial charge on any atom is 0.238 e. The first-order valence-corrected chi connectivity index (χ1v) is 7.15. The molecule has 2 aliphatic rings. The van der Waals surface area contributed by atoms with Gasteiger partial charge in [-0.15, -0.1) is 0 Å². The molecule has 0 bridgehead atoms. The monoisotopic (exact) mass is 259 g/mol. The third kappa shape index (κ3) is 2.80. The average molecular weight is 259 g/mol. The fourth-order valence-electron chi connectivity index (χ4n) is 2.98. The molecule has 0 saturated carbocycles. The predicted molar refractivity (Wildman–Crippen MR) is 74.6 cm³/mol. The van der Waals surface area contributed by atoms with Crippen molar-refractivity contribution in [2.45, 2.75) is 19.0 Å². The predicted octanol–water partition coefficient (Wildman–Crippen LogP) is 1.21. The first kappa shape index (κ1) is 12.6. The molecule has 4 nitrogen and oxygen atoms in total. The van der Waals surface area contributed by atoms with E-state index in [9.17, 15) is 4.79 Å². The number of amides is 1. The molecule has 3 rings (SSSR count). The Kier molecular flexibility index (Phi) is 3.80. The number of benzene rings is 1. The molecule has 1 aromatic carbocycles. The summed E-state index contributed by atoms with van der Waals surface area (Å²) in [6, 6.07) is 10.2. The summed E-state index contributed by atoms with van der Waals surface area (Å²) in [6.45, 7) is 4.65. The van der Waals surface area contributed by atoms with Crippen LogP contribution in [0.2, 0.25) is 0 Å². The Morgan fingerprint density at radius 2 is 1.84 bits per heavy atom. The maximum atomic E-state index is 12.0. The summed E-state index contributed by atoms with van der Waals surface area (Å²) in [5.41, 5.74) is 1.18. The molecule has 0 radical (unpaired) electrons. The molecule has 1 N–H and O–H groups in total. The second kappa shape index (κ2) is 5.72. The number of hydrogen-bond acceptors (Lipinski definition) is 3.